The van der Waals surface area contributed by atoms with Gasteiger partial charge in [-0.1, -0.05) is 13.8 Å². The quantitative estimate of drug-likeness (QED) is 0.665. The van der Waals surface area contributed by atoms with E-state index in [-0.39, 0.29) is 17.5 Å². The molecule has 0 spiro atoms. The summed E-state index contributed by atoms with van der Waals surface area (Å²) in [6.07, 6.45) is 1.49. The Balaban J connectivity index is 2.11. The average molecular weight is 349 g/mol. The molecule has 0 radical (unpaired) electrons. The van der Waals surface area contributed by atoms with Crippen molar-refractivity contribution < 1.29 is 18.3 Å². The molecular weight excluding hydrogens is 328 g/mol. The summed E-state index contributed by atoms with van der Waals surface area (Å²) in [7, 11) is 0. The van der Waals surface area contributed by atoms with Gasteiger partial charge in [0.05, 0.1) is 5.69 Å². The fraction of sp³-hybridized carbons (Fsp3) is 0.278. The van der Waals surface area contributed by atoms with Crippen LogP contribution in [0, 0.1) is 11.6 Å². The molecule has 0 saturated heterocycles. The van der Waals surface area contributed by atoms with Crippen molar-refractivity contribution >= 4 is 17.4 Å². The van der Waals surface area contributed by atoms with E-state index in [2.05, 4.69) is 10.6 Å². The molecule has 0 aliphatic heterocycles. The third-order valence-corrected chi connectivity index (χ3v) is 3.70. The minimum atomic E-state index is -0.799. The summed E-state index contributed by atoms with van der Waals surface area (Å²) in [6, 6.07) is 7.42. The van der Waals surface area contributed by atoms with Gasteiger partial charge in [-0.2, -0.15) is 0 Å². The molecule has 25 heavy (non-hydrogen) atoms. The van der Waals surface area contributed by atoms with Crippen LogP contribution in [0.25, 0.3) is 0 Å². The van der Waals surface area contributed by atoms with Crippen molar-refractivity contribution in [1.82, 2.24) is 5.32 Å². The van der Waals surface area contributed by atoms with E-state index < -0.39 is 17.7 Å². The highest BCUT2D eigenvalue weighted by Gasteiger charge is 2.15. The number of halogens is 2. The van der Waals surface area contributed by atoms with Crippen molar-refractivity contribution in [2.24, 2.45) is 0 Å². The number of nitrogens with one attached hydrogen (secondary N) is 2. The number of carbonyl (C=O) groups excluding carboxylic acids is 1. The monoisotopic (exact) mass is 349 g/mol. The van der Waals surface area contributed by atoms with Crippen molar-refractivity contribution in [1.29, 1.82) is 0 Å². The Morgan fingerprint density at radius 1 is 1.12 bits per heavy atom. The molecule has 0 aromatic heterocycles. The number of hydrogen-bond acceptors (Lipinski definition) is 3. The van der Waals surface area contributed by atoms with E-state index >= 15 is 0 Å². The lowest BCUT2D eigenvalue weighted by Gasteiger charge is -2.16. The molecule has 0 saturated carbocycles. The molecule has 0 aliphatic rings. The summed E-state index contributed by atoms with van der Waals surface area (Å²) in [4.78, 5) is 11.9. The Kier molecular flexibility index (Phi) is 6.16. The molecule has 7 heteroatoms. The van der Waals surface area contributed by atoms with Crippen molar-refractivity contribution in [3.05, 3.63) is 48.0 Å². The van der Waals surface area contributed by atoms with Gasteiger partial charge in [-0.15, -0.1) is 0 Å². The lowest BCUT2D eigenvalue weighted by Crippen LogP contribution is -2.37. The normalized spacial score (nSPS) is 10.6. The maximum atomic E-state index is 14.2. The van der Waals surface area contributed by atoms with Crippen molar-refractivity contribution in [3.8, 4) is 11.5 Å². The fourth-order valence-electron chi connectivity index (χ4n) is 2.20. The fourth-order valence-corrected chi connectivity index (χ4v) is 2.20. The van der Waals surface area contributed by atoms with E-state index in [0.717, 1.165) is 25.0 Å². The molecule has 2 aromatic rings. The molecule has 0 bridgehead atoms. The second kappa shape index (κ2) is 8.32. The standard InChI is InChI=1S/C18H21F2N3O2/c1-3-12(4-2)22-18(24)23-16-9-15(20)17(10-14(16)19)25-13-7-5-11(21)6-8-13/h5-10,12H,3-4,21H2,1-2H3,(H2,22,23,24). The van der Waals surface area contributed by atoms with E-state index in [1.165, 1.54) is 0 Å². The van der Waals surface area contributed by atoms with Gasteiger partial charge in [0.1, 0.15) is 5.75 Å². The number of benzene rings is 2. The van der Waals surface area contributed by atoms with Crippen LogP contribution < -0.4 is 21.1 Å². The summed E-state index contributed by atoms with van der Waals surface area (Å²) in [6.45, 7) is 3.86. The molecule has 134 valence electrons. The van der Waals surface area contributed by atoms with Crippen LogP contribution in [0.5, 0.6) is 11.5 Å². The number of ether oxygens (including phenoxy) is 1. The molecular formula is C18H21F2N3O2. The predicted octanol–water partition coefficient (Wildman–Crippen LogP) is 4.65. The van der Waals surface area contributed by atoms with Crippen molar-refractivity contribution in [2.45, 2.75) is 32.7 Å². The zero-order valence-electron chi connectivity index (χ0n) is 14.1. The van der Waals surface area contributed by atoms with E-state index in [0.29, 0.717) is 11.4 Å². The summed E-state index contributed by atoms with van der Waals surface area (Å²) >= 11 is 0. The van der Waals surface area contributed by atoms with Gasteiger partial charge in [-0.05, 0) is 37.1 Å². The van der Waals surface area contributed by atoms with E-state index in [9.17, 15) is 13.6 Å². The number of anilines is 2. The lowest BCUT2D eigenvalue weighted by atomic mass is 10.2. The molecule has 4 N–H and O–H groups in total. The van der Waals surface area contributed by atoms with E-state index in [4.69, 9.17) is 10.5 Å². The Labute approximate surface area is 145 Å². The van der Waals surface area contributed by atoms with Gasteiger partial charge < -0.3 is 21.1 Å². The highest BCUT2D eigenvalue weighted by atomic mass is 19.1. The SMILES string of the molecule is CCC(CC)NC(=O)Nc1cc(F)c(Oc2ccc(N)cc2)cc1F. The van der Waals surface area contributed by atoms with Crippen LogP contribution in [-0.4, -0.2) is 12.1 Å². The summed E-state index contributed by atoms with van der Waals surface area (Å²) in [5.74, 6) is -1.56. The van der Waals surface area contributed by atoms with Gasteiger partial charge in [0.25, 0.3) is 0 Å². The predicted molar refractivity (Wildman–Crippen MR) is 93.8 cm³/mol. The highest BCUT2D eigenvalue weighted by molar-refractivity contribution is 5.89. The first-order valence-electron chi connectivity index (χ1n) is 8.02. The average Bonchev–Trinajstić information content (AvgIpc) is 2.59. The molecule has 0 heterocycles. The smallest absolute Gasteiger partial charge is 0.319 e. The van der Waals surface area contributed by atoms with Gasteiger partial charge >= 0.3 is 6.03 Å². The van der Waals surface area contributed by atoms with E-state index in [1.54, 1.807) is 24.3 Å². The van der Waals surface area contributed by atoms with Crippen LogP contribution in [-0.2, 0) is 0 Å². The van der Waals surface area contributed by atoms with Crippen LogP contribution >= 0.6 is 0 Å². The van der Waals surface area contributed by atoms with Gasteiger partial charge in [0, 0.05) is 23.9 Å². The van der Waals surface area contributed by atoms with Gasteiger partial charge in [0.15, 0.2) is 17.4 Å². The van der Waals surface area contributed by atoms with Gasteiger partial charge in [-0.25, -0.2) is 13.6 Å². The number of hydrogen-bond donors (Lipinski definition) is 3. The molecule has 0 unspecified atom stereocenters. The van der Waals surface area contributed by atoms with Crippen LogP contribution in [0.15, 0.2) is 36.4 Å². The van der Waals surface area contributed by atoms with Crippen LogP contribution in [0.1, 0.15) is 26.7 Å². The lowest BCUT2D eigenvalue weighted by molar-refractivity contribution is 0.247. The Hall–Kier alpha value is -2.83. The maximum Gasteiger partial charge on any atom is 0.319 e. The second-order valence-electron chi connectivity index (χ2n) is 5.55. The molecule has 2 aromatic carbocycles. The molecule has 0 aliphatic carbocycles. The molecule has 5 nitrogen and oxygen atoms in total. The van der Waals surface area contributed by atoms with Crippen LogP contribution in [0.2, 0.25) is 0 Å². The van der Waals surface area contributed by atoms with Crippen molar-refractivity contribution in [3.63, 3.8) is 0 Å². The topological polar surface area (TPSA) is 76.4 Å². The highest BCUT2D eigenvalue weighted by Crippen LogP contribution is 2.29. The first-order valence-corrected chi connectivity index (χ1v) is 8.02. The summed E-state index contributed by atoms with van der Waals surface area (Å²) in [5.41, 5.74) is 5.83. The summed E-state index contributed by atoms with van der Waals surface area (Å²) in [5, 5.41) is 5.00. The van der Waals surface area contributed by atoms with Crippen LogP contribution in [0.3, 0.4) is 0 Å². The number of nitrogen functional groups attached to an aromatic ring is 1. The number of carbonyl (C=O) groups is 1. The Morgan fingerprint density at radius 3 is 2.36 bits per heavy atom. The minimum Gasteiger partial charge on any atom is -0.454 e. The first-order chi connectivity index (χ1) is 11.9. The number of nitrogens with two attached hydrogens (primary N) is 1. The van der Waals surface area contributed by atoms with Crippen LogP contribution in [0.4, 0.5) is 25.0 Å². The molecule has 2 amide bonds. The third kappa shape index (κ3) is 5.07. The molecule has 0 fully saturated rings. The van der Waals surface area contributed by atoms with Gasteiger partial charge in [-0.3, -0.25) is 0 Å². The zero-order valence-corrected chi connectivity index (χ0v) is 14.1. The van der Waals surface area contributed by atoms with Crippen molar-refractivity contribution in [2.75, 3.05) is 11.1 Å². The largest absolute Gasteiger partial charge is 0.454 e. The Bertz CT molecular complexity index is 732. The maximum absolute atomic E-state index is 14.2. The number of urea groups is 1. The van der Waals surface area contributed by atoms with E-state index in [1.807, 2.05) is 13.8 Å². The minimum absolute atomic E-state index is 0.0268. The first kappa shape index (κ1) is 18.5. The Morgan fingerprint density at radius 2 is 1.76 bits per heavy atom. The molecule has 0 atom stereocenters. The third-order valence-electron chi connectivity index (χ3n) is 3.70. The number of amides is 2. The van der Waals surface area contributed by atoms with Gasteiger partial charge in [0.2, 0.25) is 0 Å². The zero-order chi connectivity index (χ0) is 18.4. The number of rotatable bonds is 6. The molecule has 2 rings (SSSR count). The second-order valence-corrected chi connectivity index (χ2v) is 5.55. The summed E-state index contributed by atoms with van der Waals surface area (Å²) < 4.78 is 33.6.